The smallest absolute Gasteiger partial charge is 0.408 e. The summed E-state index contributed by atoms with van der Waals surface area (Å²) in [4.78, 5) is 11.5. The van der Waals surface area contributed by atoms with Gasteiger partial charge in [-0.25, -0.2) is 4.79 Å². The number of aryl methyl sites for hydroxylation is 1. The molecule has 1 aromatic heterocycles. The maximum Gasteiger partial charge on any atom is 0.419 e. The molecule has 0 saturated heterocycles. The van der Waals surface area contributed by atoms with Crippen LogP contribution >= 0.6 is 15.9 Å². The summed E-state index contributed by atoms with van der Waals surface area (Å²) in [5.74, 6) is -0.410. The van der Waals surface area contributed by atoms with Crippen LogP contribution in [0, 0.1) is 0 Å². The molecule has 0 radical (unpaired) electrons. The lowest BCUT2D eigenvalue weighted by molar-refractivity contribution is 0.219. The molecule has 0 aliphatic carbocycles. The van der Waals surface area contributed by atoms with Crippen molar-refractivity contribution in [1.82, 2.24) is 4.57 Å². The average Bonchev–Trinajstić information content (AvgIpc) is 2.73. The lowest BCUT2D eigenvalue weighted by atomic mass is 10.0. The second kappa shape index (κ2) is 4.92. The Morgan fingerprint density at radius 1 is 1.25 bits per heavy atom. The predicted molar refractivity (Wildman–Crippen MR) is 79.7 cm³/mol. The maximum atomic E-state index is 11.5. The average molecular weight is 334 g/mol. The number of oxazole rings is 1. The third-order valence-corrected chi connectivity index (χ3v) is 4.05. The van der Waals surface area contributed by atoms with E-state index in [9.17, 15) is 9.90 Å². The van der Waals surface area contributed by atoms with Gasteiger partial charge in [-0.15, -0.1) is 0 Å². The van der Waals surface area contributed by atoms with Crippen molar-refractivity contribution in [3.63, 3.8) is 0 Å². The van der Waals surface area contributed by atoms with Gasteiger partial charge in [0, 0.05) is 11.5 Å². The molecular formula is C15H12BrNO3. The van der Waals surface area contributed by atoms with Gasteiger partial charge in [0.1, 0.15) is 6.10 Å². The minimum absolute atomic E-state index is 0.410. The molecular weight excluding hydrogens is 322 g/mol. The first kappa shape index (κ1) is 13.1. The van der Waals surface area contributed by atoms with Crippen LogP contribution in [0.2, 0.25) is 0 Å². The Balaban J connectivity index is 2.11. The number of halogens is 1. The number of hydrogen-bond donors (Lipinski definition) is 1. The lowest BCUT2D eigenvalue weighted by Gasteiger charge is -2.13. The van der Waals surface area contributed by atoms with Crippen LogP contribution in [0.1, 0.15) is 17.2 Å². The summed E-state index contributed by atoms with van der Waals surface area (Å²) < 4.78 is 7.41. The molecule has 3 rings (SSSR count). The van der Waals surface area contributed by atoms with Crippen molar-refractivity contribution in [2.24, 2.45) is 7.05 Å². The van der Waals surface area contributed by atoms with Gasteiger partial charge in [0.25, 0.3) is 0 Å². The third kappa shape index (κ3) is 2.09. The highest BCUT2D eigenvalue weighted by molar-refractivity contribution is 9.10. The molecule has 2 aromatic carbocycles. The Labute approximate surface area is 123 Å². The molecule has 0 aliphatic rings. The second-order valence-corrected chi connectivity index (χ2v) is 5.43. The predicted octanol–water partition coefficient (Wildman–Crippen LogP) is 2.98. The first-order valence-electron chi connectivity index (χ1n) is 6.10. The monoisotopic (exact) mass is 333 g/mol. The van der Waals surface area contributed by atoms with E-state index in [-0.39, 0.29) is 0 Å². The van der Waals surface area contributed by atoms with Crippen LogP contribution in [0.15, 0.2) is 56.1 Å². The number of hydrogen-bond acceptors (Lipinski definition) is 3. The number of aliphatic hydroxyl groups excluding tert-OH is 1. The van der Waals surface area contributed by atoms with E-state index in [1.807, 2.05) is 24.3 Å². The number of rotatable bonds is 2. The standard InChI is InChI=1S/C15H12BrNO3/c1-17-12-7-6-9(8-13(12)20-15(17)19)14(18)10-4-2-3-5-11(10)16/h2-8,14,18H,1H3. The highest BCUT2D eigenvalue weighted by Crippen LogP contribution is 2.29. The van der Waals surface area contributed by atoms with Gasteiger partial charge >= 0.3 is 5.76 Å². The number of nitrogens with zero attached hydrogens (tertiary/aromatic N) is 1. The van der Waals surface area contributed by atoms with Gasteiger partial charge < -0.3 is 9.52 Å². The molecule has 5 heteroatoms. The Morgan fingerprint density at radius 3 is 2.75 bits per heavy atom. The number of fused-ring (bicyclic) bond motifs is 1. The molecule has 0 spiro atoms. The summed E-state index contributed by atoms with van der Waals surface area (Å²) in [7, 11) is 1.65. The van der Waals surface area contributed by atoms with Crippen molar-refractivity contribution in [3.05, 3.63) is 68.6 Å². The summed E-state index contributed by atoms with van der Waals surface area (Å²) in [6, 6.07) is 12.7. The van der Waals surface area contributed by atoms with Crippen LogP contribution in [-0.2, 0) is 7.05 Å². The zero-order chi connectivity index (χ0) is 14.3. The molecule has 1 unspecified atom stereocenters. The first-order valence-corrected chi connectivity index (χ1v) is 6.89. The highest BCUT2D eigenvalue weighted by Gasteiger charge is 2.15. The molecule has 102 valence electrons. The van der Waals surface area contributed by atoms with Gasteiger partial charge in [0.15, 0.2) is 5.58 Å². The van der Waals surface area contributed by atoms with E-state index < -0.39 is 11.9 Å². The maximum absolute atomic E-state index is 11.5. The van der Waals surface area contributed by atoms with Gasteiger partial charge in [-0.05, 0) is 29.3 Å². The van der Waals surface area contributed by atoms with Crippen LogP contribution in [0.4, 0.5) is 0 Å². The van der Waals surface area contributed by atoms with Gasteiger partial charge in [-0.1, -0.05) is 40.2 Å². The summed E-state index contributed by atoms with van der Waals surface area (Å²) in [5.41, 5.74) is 2.63. The Kier molecular flexibility index (Phi) is 3.23. The van der Waals surface area contributed by atoms with Crippen LogP contribution in [0.5, 0.6) is 0 Å². The van der Waals surface area contributed by atoms with Crippen LogP contribution in [0.25, 0.3) is 11.1 Å². The fraction of sp³-hybridized carbons (Fsp3) is 0.133. The SMILES string of the molecule is Cn1c(=O)oc2cc(C(O)c3ccccc3Br)ccc21. The number of aliphatic hydroxyl groups is 1. The van der Waals surface area contributed by atoms with E-state index in [1.165, 1.54) is 4.57 Å². The summed E-state index contributed by atoms with van der Waals surface area (Å²) in [6.07, 6.45) is -0.777. The quantitative estimate of drug-likeness (QED) is 0.784. The van der Waals surface area contributed by atoms with Crippen molar-refractivity contribution >= 4 is 27.0 Å². The number of benzene rings is 2. The molecule has 0 bridgehead atoms. The molecule has 20 heavy (non-hydrogen) atoms. The number of aromatic nitrogens is 1. The van der Waals surface area contributed by atoms with E-state index in [0.29, 0.717) is 16.7 Å². The Hall–Kier alpha value is -1.85. The molecule has 1 heterocycles. The molecule has 1 N–H and O–H groups in total. The molecule has 3 aromatic rings. The second-order valence-electron chi connectivity index (χ2n) is 4.58. The largest absolute Gasteiger partial charge is 0.419 e. The van der Waals surface area contributed by atoms with Crippen molar-refractivity contribution in [2.45, 2.75) is 6.10 Å². The van der Waals surface area contributed by atoms with Crippen molar-refractivity contribution < 1.29 is 9.52 Å². The fourth-order valence-electron chi connectivity index (χ4n) is 2.20. The van der Waals surface area contributed by atoms with Crippen molar-refractivity contribution in [3.8, 4) is 0 Å². The van der Waals surface area contributed by atoms with Crippen molar-refractivity contribution in [1.29, 1.82) is 0 Å². The van der Waals surface area contributed by atoms with Gasteiger partial charge in [0.2, 0.25) is 0 Å². The first-order chi connectivity index (χ1) is 9.58. The van der Waals surface area contributed by atoms with E-state index in [0.717, 1.165) is 10.0 Å². The van der Waals surface area contributed by atoms with Crippen LogP contribution in [-0.4, -0.2) is 9.67 Å². The zero-order valence-electron chi connectivity index (χ0n) is 10.7. The lowest BCUT2D eigenvalue weighted by Crippen LogP contribution is -2.08. The summed E-state index contributed by atoms with van der Waals surface area (Å²) in [6.45, 7) is 0. The fourth-order valence-corrected chi connectivity index (χ4v) is 2.70. The molecule has 0 aliphatic heterocycles. The minimum Gasteiger partial charge on any atom is -0.408 e. The van der Waals surface area contributed by atoms with Crippen LogP contribution in [0.3, 0.4) is 0 Å². The Morgan fingerprint density at radius 2 is 2.00 bits per heavy atom. The molecule has 0 saturated carbocycles. The summed E-state index contributed by atoms with van der Waals surface area (Å²) >= 11 is 3.42. The van der Waals surface area contributed by atoms with Gasteiger partial charge in [-0.3, -0.25) is 4.57 Å². The van der Waals surface area contributed by atoms with E-state index in [1.54, 1.807) is 25.2 Å². The van der Waals surface area contributed by atoms with Crippen LogP contribution < -0.4 is 5.76 Å². The summed E-state index contributed by atoms with van der Waals surface area (Å²) in [5, 5.41) is 10.5. The Bertz CT molecular complexity index is 834. The minimum atomic E-state index is -0.777. The topological polar surface area (TPSA) is 55.4 Å². The van der Waals surface area contributed by atoms with E-state index >= 15 is 0 Å². The normalized spacial score (nSPS) is 12.8. The molecule has 0 fully saturated rings. The van der Waals surface area contributed by atoms with Gasteiger partial charge in [0.05, 0.1) is 5.52 Å². The molecule has 1 atom stereocenters. The van der Waals surface area contributed by atoms with Crippen molar-refractivity contribution in [2.75, 3.05) is 0 Å². The van der Waals surface area contributed by atoms with E-state index in [2.05, 4.69) is 15.9 Å². The molecule has 0 amide bonds. The molecule has 4 nitrogen and oxygen atoms in total. The van der Waals surface area contributed by atoms with Gasteiger partial charge in [-0.2, -0.15) is 0 Å². The van der Waals surface area contributed by atoms with E-state index in [4.69, 9.17) is 4.42 Å². The third-order valence-electron chi connectivity index (χ3n) is 3.33. The zero-order valence-corrected chi connectivity index (χ0v) is 12.3. The highest BCUT2D eigenvalue weighted by atomic mass is 79.9.